The van der Waals surface area contributed by atoms with Crippen LogP contribution in [0.4, 0.5) is 4.39 Å². The number of benzene rings is 2. The van der Waals surface area contributed by atoms with Gasteiger partial charge in [-0.05, 0) is 92.6 Å². The van der Waals surface area contributed by atoms with Crippen LogP contribution in [0.2, 0.25) is 0 Å². The molecule has 2 aliphatic rings. The average Bonchev–Trinajstić information content (AvgIpc) is 3.79. The first-order valence-electron chi connectivity index (χ1n) is 14.9. The van der Waals surface area contributed by atoms with Gasteiger partial charge in [-0.1, -0.05) is 30.9 Å². The van der Waals surface area contributed by atoms with Gasteiger partial charge in [0, 0.05) is 43.7 Å². The Kier molecular flexibility index (Phi) is 7.72. The normalized spacial score (nSPS) is 24.2. The summed E-state index contributed by atoms with van der Waals surface area (Å²) in [7, 11) is -2.05. The summed E-state index contributed by atoms with van der Waals surface area (Å²) in [5, 5.41) is 9.79. The second kappa shape index (κ2) is 11.3. The van der Waals surface area contributed by atoms with E-state index < -0.39 is 21.0 Å². The smallest absolute Gasteiger partial charge is 0.246 e. The molecule has 44 heavy (non-hydrogen) atoms. The molecule has 0 bridgehead atoms. The van der Waals surface area contributed by atoms with Gasteiger partial charge in [-0.25, -0.2) is 17.5 Å². The zero-order chi connectivity index (χ0) is 31.3. The van der Waals surface area contributed by atoms with Crippen molar-refractivity contribution in [2.45, 2.75) is 56.1 Å². The monoisotopic (exact) mass is 615 g/mol. The first kappa shape index (κ1) is 30.2. The molecule has 0 spiro atoms. The fraction of sp³-hybridized carbons (Fsp3) is 0.353. The minimum Gasteiger partial charge on any atom is -0.374 e. The number of aryl methyl sites for hydroxylation is 2. The number of allylic oxidation sites excluding steroid dienone is 3. The minimum atomic E-state index is -3.77. The Morgan fingerprint density at radius 1 is 1.18 bits per heavy atom. The van der Waals surface area contributed by atoms with E-state index in [0.29, 0.717) is 32.5 Å². The van der Waals surface area contributed by atoms with E-state index in [2.05, 4.69) is 35.8 Å². The van der Waals surface area contributed by atoms with E-state index >= 15 is 0 Å². The number of ether oxygens (including phenoxy) is 1. The third-order valence-corrected chi connectivity index (χ3v) is 11.3. The molecule has 3 heterocycles. The van der Waals surface area contributed by atoms with Crippen molar-refractivity contribution >= 4 is 20.9 Å². The van der Waals surface area contributed by atoms with Crippen LogP contribution in [0.3, 0.4) is 0 Å². The van der Waals surface area contributed by atoms with Gasteiger partial charge in [-0.15, -0.1) is 0 Å². The lowest BCUT2D eigenvalue weighted by molar-refractivity contribution is 0.0216. The minimum absolute atomic E-state index is 0.0198. The maximum atomic E-state index is 14.0. The molecule has 6 rings (SSSR count). The summed E-state index contributed by atoms with van der Waals surface area (Å²) in [4.78, 5) is 0.207. The van der Waals surface area contributed by atoms with E-state index in [4.69, 9.17) is 4.74 Å². The third kappa shape index (κ3) is 4.85. The third-order valence-electron chi connectivity index (χ3n) is 9.51. The van der Waals surface area contributed by atoms with Crippen LogP contribution in [-0.4, -0.2) is 58.1 Å². The van der Waals surface area contributed by atoms with Crippen molar-refractivity contribution in [2.24, 2.45) is 5.92 Å². The molecule has 0 radical (unpaired) electrons. The Morgan fingerprint density at radius 3 is 2.64 bits per heavy atom. The molecule has 1 saturated heterocycles. The Labute approximate surface area is 258 Å². The maximum absolute atomic E-state index is 14.0. The van der Waals surface area contributed by atoms with Gasteiger partial charge >= 0.3 is 0 Å². The highest BCUT2D eigenvalue weighted by atomic mass is 32.2. The average molecular weight is 616 g/mol. The van der Waals surface area contributed by atoms with Crippen LogP contribution < -0.4 is 0 Å². The van der Waals surface area contributed by atoms with Crippen LogP contribution in [0, 0.1) is 18.7 Å². The number of nitrogens with zero attached hydrogens (tertiary/aromatic N) is 5. The molecule has 230 valence electrons. The molecule has 1 aliphatic carbocycles. The van der Waals surface area contributed by atoms with Crippen molar-refractivity contribution < 1.29 is 17.5 Å². The molecule has 0 amide bonds. The molecule has 2 aromatic carbocycles. The summed E-state index contributed by atoms with van der Waals surface area (Å²) in [5.41, 5.74) is 3.47. The fourth-order valence-electron chi connectivity index (χ4n) is 7.22. The van der Waals surface area contributed by atoms with Gasteiger partial charge in [0.15, 0.2) is 0 Å². The first-order chi connectivity index (χ1) is 21.1. The zero-order valence-electron chi connectivity index (χ0n) is 25.6. The summed E-state index contributed by atoms with van der Waals surface area (Å²) in [5.74, 6) is -0.324. The molecule has 3 atom stereocenters. The Morgan fingerprint density at radius 2 is 1.95 bits per heavy atom. The van der Waals surface area contributed by atoms with Crippen LogP contribution in [0.15, 0.2) is 96.3 Å². The number of rotatable bonds is 9. The molecule has 0 unspecified atom stereocenters. The topological polar surface area (TPSA) is 82.2 Å². The molecule has 2 aromatic heterocycles. The number of fused-ring (bicyclic) bond motifs is 2. The second-order valence-corrected chi connectivity index (χ2v) is 13.9. The largest absolute Gasteiger partial charge is 0.374 e. The SMILES string of the molecule is C=C(/C=C\C=C/C)[C@@]1(OC)C[C@@H]2CN(S(=O)(=O)c3cnn(CC)c3)C[C@]2(c2cc3cnn(-c4ccc(F)cc4)c3cc2C)C1. The molecule has 8 nitrogen and oxygen atoms in total. The number of sulfonamides is 1. The number of hydrogen-bond donors (Lipinski definition) is 0. The standard InChI is InChI=1S/C34H38FN5O3S/c1-6-8-9-10-25(4)34(43-5)17-27-20-39(44(41,42)30-19-36-38(7-2)21-30)23-33(27,22-34)31-16-26-18-37-40(32(26)15-24(31)3)29-13-11-28(35)12-14-29/h6,8-16,18-19,21,27H,4,7,17,20,22-23H2,1-3,5H3/b8-6-,10-9-/t27-,33-,34-/m1/s1. The number of aromatic nitrogens is 4. The Bertz CT molecular complexity index is 1890. The van der Waals surface area contributed by atoms with Crippen molar-refractivity contribution in [3.05, 3.63) is 108 Å². The summed E-state index contributed by atoms with van der Waals surface area (Å²) in [6.45, 7) is 11.6. The molecule has 1 aliphatic heterocycles. The Balaban J connectivity index is 1.46. The van der Waals surface area contributed by atoms with Gasteiger partial charge in [0.05, 0.1) is 29.2 Å². The van der Waals surface area contributed by atoms with Crippen LogP contribution in [0.5, 0.6) is 0 Å². The van der Waals surface area contributed by atoms with E-state index in [1.165, 1.54) is 18.3 Å². The lowest BCUT2D eigenvalue weighted by Gasteiger charge is -2.35. The van der Waals surface area contributed by atoms with Crippen molar-refractivity contribution in [3.8, 4) is 5.69 Å². The quantitative estimate of drug-likeness (QED) is 0.212. The highest BCUT2D eigenvalue weighted by molar-refractivity contribution is 7.89. The lowest BCUT2D eigenvalue weighted by atomic mass is 9.72. The number of hydrogen-bond acceptors (Lipinski definition) is 5. The van der Waals surface area contributed by atoms with Crippen LogP contribution in [0.1, 0.15) is 37.8 Å². The summed E-state index contributed by atoms with van der Waals surface area (Å²) < 4.78 is 52.9. The van der Waals surface area contributed by atoms with Crippen molar-refractivity contribution in [2.75, 3.05) is 20.2 Å². The van der Waals surface area contributed by atoms with Crippen molar-refractivity contribution in [1.82, 2.24) is 23.9 Å². The van der Waals surface area contributed by atoms with E-state index in [9.17, 15) is 12.8 Å². The van der Waals surface area contributed by atoms with E-state index in [1.807, 2.05) is 44.3 Å². The highest BCUT2D eigenvalue weighted by Gasteiger charge is 2.62. The fourth-order valence-corrected chi connectivity index (χ4v) is 8.73. The molecule has 1 saturated carbocycles. The van der Waals surface area contributed by atoms with Crippen molar-refractivity contribution in [1.29, 1.82) is 0 Å². The van der Waals surface area contributed by atoms with Gasteiger partial charge in [0.2, 0.25) is 10.0 Å². The number of halogens is 1. The molecule has 10 heteroatoms. The summed E-state index contributed by atoms with van der Waals surface area (Å²) in [6.07, 6.45) is 13.9. The molecular weight excluding hydrogens is 577 g/mol. The van der Waals surface area contributed by atoms with Gasteiger partial charge in [0.25, 0.3) is 0 Å². The van der Waals surface area contributed by atoms with Gasteiger partial charge in [0.1, 0.15) is 10.7 Å². The first-order valence-corrected chi connectivity index (χ1v) is 16.3. The van der Waals surface area contributed by atoms with E-state index in [-0.39, 0.29) is 16.6 Å². The predicted molar refractivity (Wildman–Crippen MR) is 170 cm³/mol. The molecule has 2 fully saturated rings. The van der Waals surface area contributed by atoms with Crippen molar-refractivity contribution in [3.63, 3.8) is 0 Å². The molecule has 0 N–H and O–H groups in total. The molecule has 4 aromatic rings. The lowest BCUT2D eigenvalue weighted by Crippen LogP contribution is -2.40. The van der Waals surface area contributed by atoms with Crippen LogP contribution >= 0.6 is 0 Å². The van der Waals surface area contributed by atoms with Gasteiger partial charge < -0.3 is 4.74 Å². The highest BCUT2D eigenvalue weighted by Crippen LogP contribution is 2.59. The number of methoxy groups -OCH3 is 1. The van der Waals surface area contributed by atoms with Gasteiger partial charge in [-0.2, -0.15) is 14.5 Å². The van der Waals surface area contributed by atoms with Crippen LogP contribution in [0.25, 0.3) is 16.6 Å². The maximum Gasteiger partial charge on any atom is 0.246 e. The zero-order valence-corrected chi connectivity index (χ0v) is 26.4. The van der Waals surface area contributed by atoms with Crippen LogP contribution in [-0.2, 0) is 26.7 Å². The van der Waals surface area contributed by atoms with E-state index in [1.54, 1.807) is 39.1 Å². The van der Waals surface area contributed by atoms with E-state index in [0.717, 1.165) is 33.3 Å². The molecular formula is C34H38FN5O3S. The second-order valence-electron chi connectivity index (χ2n) is 11.9. The summed E-state index contributed by atoms with van der Waals surface area (Å²) in [6, 6.07) is 10.5. The predicted octanol–water partition coefficient (Wildman–Crippen LogP) is 6.12. The van der Waals surface area contributed by atoms with Gasteiger partial charge in [-0.3, -0.25) is 4.68 Å². The Hall–Kier alpha value is -3.86. The summed E-state index contributed by atoms with van der Waals surface area (Å²) >= 11 is 0.